The van der Waals surface area contributed by atoms with E-state index in [1.165, 1.54) is 37.1 Å². The topological polar surface area (TPSA) is 15.3 Å². The highest BCUT2D eigenvalue weighted by Gasteiger charge is 2.19. The van der Waals surface area contributed by atoms with Crippen LogP contribution in [-0.4, -0.2) is 30.6 Å². The molecule has 0 spiro atoms. The van der Waals surface area contributed by atoms with Gasteiger partial charge in [-0.1, -0.05) is 42.0 Å². The van der Waals surface area contributed by atoms with E-state index in [1.807, 2.05) is 0 Å². The van der Waals surface area contributed by atoms with Gasteiger partial charge in [-0.05, 0) is 52.3 Å². The number of benzene rings is 1. The van der Waals surface area contributed by atoms with Crippen molar-refractivity contribution in [3.8, 4) is 0 Å². The fourth-order valence-corrected chi connectivity index (χ4v) is 2.79. The Morgan fingerprint density at radius 2 is 1.90 bits per heavy atom. The van der Waals surface area contributed by atoms with Gasteiger partial charge in [0.2, 0.25) is 0 Å². The van der Waals surface area contributed by atoms with Crippen LogP contribution in [0.15, 0.2) is 42.0 Å². The molecule has 1 aliphatic rings. The zero-order valence-electron chi connectivity index (χ0n) is 13.1. The van der Waals surface area contributed by atoms with Crippen LogP contribution in [0.4, 0.5) is 0 Å². The molecule has 1 aromatic carbocycles. The Labute approximate surface area is 123 Å². The molecule has 0 aromatic heterocycles. The number of rotatable bonds is 5. The molecule has 0 radical (unpaired) electrons. The number of hydrogen-bond acceptors (Lipinski definition) is 2. The Kier molecular flexibility index (Phi) is 5.81. The largest absolute Gasteiger partial charge is 0.307 e. The van der Waals surface area contributed by atoms with Gasteiger partial charge in [0.05, 0.1) is 0 Å². The molecule has 1 aromatic rings. The van der Waals surface area contributed by atoms with E-state index >= 15 is 0 Å². The molecule has 1 saturated heterocycles. The normalized spacial score (nSPS) is 18.8. The lowest BCUT2D eigenvalue weighted by Crippen LogP contribution is -2.43. The van der Waals surface area contributed by atoms with Crippen LogP contribution in [0, 0.1) is 0 Å². The third-order valence-electron chi connectivity index (χ3n) is 4.13. The lowest BCUT2D eigenvalue weighted by Gasteiger charge is -2.33. The first-order valence-electron chi connectivity index (χ1n) is 7.82. The van der Waals surface area contributed by atoms with Crippen molar-refractivity contribution in [2.24, 2.45) is 0 Å². The lowest BCUT2D eigenvalue weighted by molar-refractivity contribution is 0.208. The quantitative estimate of drug-likeness (QED) is 0.821. The van der Waals surface area contributed by atoms with Gasteiger partial charge in [0, 0.05) is 18.6 Å². The van der Waals surface area contributed by atoms with Crippen LogP contribution in [0.3, 0.4) is 0 Å². The molecule has 1 atom stereocenters. The summed E-state index contributed by atoms with van der Waals surface area (Å²) in [7, 11) is 0. The van der Waals surface area contributed by atoms with Gasteiger partial charge in [0.15, 0.2) is 0 Å². The molecule has 2 heteroatoms. The molecule has 0 unspecified atom stereocenters. The van der Waals surface area contributed by atoms with Gasteiger partial charge in [0.1, 0.15) is 0 Å². The van der Waals surface area contributed by atoms with E-state index in [2.05, 4.69) is 67.4 Å². The third kappa shape index (κ3) is 4.77. The lowest BCUT2D eigenvalue weighted by atomic mass is 10.0. The van der Waals surface area contributed by atoms with E-state index in [0.717, 1.165) is 6.54 Å². The van der Waals surface area contributed by atoms with E-state index in [0.29, 0.717) is 12.1 Å². The zero-order chi connectivity index (χ0) is 14.4. The summed E-state index contributed by atoms with van der Waals surface area (Å²) in [5, 5.41) is 3.78. The van der Waals surface area contributed by atoms with Crippen molar-refractivity contribution in [2.45, 2.75) is 45.7 Å². The van der Waals surface area contributed by atoms with Gasteiger partial charge in [0.25, 0.3) is 0 Å². The Balaban J connectivity index is 1.76. The van der Waals surface area contributed by atoms with Gasteiger partial charge in [-0.3, -0.25) is 4.90 Å². The maximum absolute atomic E-state index is 3.78. The molecule has 110 valence electrons. The molecule has 1 fully saturated rings. The highest BCUT2D eigenvalue weighted by molar-refractivity contribution is 5.18. The minimum atomic E-state index is 0.450. The van der Waals surface area contributed by atoms with Crippen molar-refractivity contribution >= 4 is 0 Å². The first-order valence-corrected chi connectivity index (χ1v) is 7.82. The van der Waals surface area contributed by atoms with Gasteiger partial charge < -0.3 is 5.32 Å². The predicted molar refractivity (Wildman–Crippen MR) is 86.9 cm³/mol. The van der Waals surface area contributed by atoms with E-state index in [1.54, 1.807) is 0 Å². The first kappa shape index (κ1) is 15.3. The van der Waals surface area contributed by atoms with Gasteiger partial charge >= 0.3 is 0 Å². The monoisotopic (exact) mass is 272 g/mol. The molecule has 0 bridgehead atoms. The summed E-state index contributed by atoms with van der Waals surface area (Å²) in [6.07, 6.45) is 4.85. The average Bonchev–Trinajstić information content (AvgIpc) is 2.47. The summed E-state index contributed by atoms with van der Waals surface area (Å²) in [6.45, 7) is 10.2. The van der Waals surface area contributed by atoms with Gasteiger partial charge in [-0.15, -0.1) is 0 Å². The van der Waals surface area contributed by atoms with Crippen molar-refractivity contribution in [1.82, 2.24) is 10.2 Å². The summed E-state index contributed by atoms with van der Waals surface area (Å²) in [5.74, 6) is 0. The van der Waals surface area contributed by atoms with Crippen molar-refractivity contribution in [1.29, 1.82) is 0 Å². The Morgan fingerprint density at radius 1 is 1.25 bits per heavy atom. The number of hydrogen-bond donors (Lipinski definition) is 1. The second-order valence-corrected chi connectivity index (χ2v) is 6.16. The average molecular weight is 272 g/mol. The van der Waals surface area contributed by atoms with Gasteiger partial charge in [-0.2, -0.15) is 0 Å². The second-order valence-electron chi connectivity index (χ2n) is 6.16. The molecule has 0 saturated carbocycles. The Morgan fingerprint density at radius 3 is 2.50 bits per heavy atom. The highest BCUT2D eigenvalue weighted by Crippen LogP contribution is 2.17. The molecule has 2 rings (SSSR count). The van der Waals surface area contributed by atoms with Crippen LogP contribution in [0.5, 0.6) is 0 Å². The SMILES string of the molecule is CC(C)=CCN1CCC(N[C@@H](C)c2ccccc2)CC1. The maximum atomic E-state index is 3.78. The Bertz CT molecular complexity index is 412. The summed E-state index contributed by atoms with van der Waals surface area (Å²) >= 11 is 0. The summed E-state index contributed by atoms with van der Waals surface area (Å²) in [4.78, 5) is 2.55. The fourth-order valence-electron chi connectivity index (χ4n) is 2.79. The van der Waals surface area contributed by atoms with Crippen LogP contribution >= 0.6 is 0 Å². The van der Waals surface area contributed by atoms with Gasteiger partial charge in [-0.25, -0.2) is 0 Å². The van der Waals surface area contributed by atoms with Crippen LogP contribution < -0.4 is 5.32 Å². The number of nitrogens with zero attached hydrogens (tertiary/aromatic N) is 1. The van der Waals surface area contributed by atoms with Crippen molar-refractivity contribution in [3.05, 3.63) is 47.5 Å². The van der Waals surface area contributed by atoms with Crippen LogP contribution in [0.25, 0.3) is 0 Å². The molecule has 1 heterocycles. The maximum Gasteiger partial charge on any atom is 0.0294 e. The first-order chi connectivity index (χ1) is 9.65. The fraction of sp³-hybridized carbons (Fsp3) is 0.556. The molecule has 1 aliphatic heterocycles. The molecular formula is C18H28N2. The molecule has 0 amide bonds. The third-order valence-corrected chi connectivity index (χ3v) is 4.13. The number of allylic oxidation sites excluding steroid dienone is 1. The number of likely N-dealkylation sites (tertiary alicyclic amines) is 1. The number of nitrogens with one attached hydrogen (secondary N) is 1. The van der Waals surface area contributed by atoms with Crippen molar-refractivity contribution in [2.75, 3.05) is 19.6 Å². The van der Waals surface area contributed by atoms with Crippen LogP contribution in [-0.2, 0) is 0 Å². The van der Waals surface area contributed by atoms with Crippen LogP contribution in [0.1, 0.15) is 45.2 Å². The molecule has 20 heavy (non-hydrogen) atoms. The summed E-state index contributed by atoms with van der Waals surface area (Å²) in [5.41, 5.74) is 2.81. The van der Waals surface area contributed by atoms with E-state index < -0.39 is 0 Å². The predicted octanol–water partition coefficient (Wildman–Crippen LogP) is 3.77. The van der Waals surface area contributed by atoms with Crippen molar-refractivity contribution in [3.63, 3.8) is 0 Å². The van der Waals surface area contributed by atoms with Crippen LogP contribution in [0.2, 0.25) is 0 Å². The molecular weight excluding hydrogens is 244 g/mol. The minimum Gasteiger partial charge on any atom is -0.307 e. The molecule has 0 aliphatic carbocycles. The second kappa shape index (κ2) is 7.61. The number of piperidine rings is 1. The Hall–Kier alpha value is -1.12. The summed E-state index contributed by atoms with van der Waals surface area (Å²) in [6, 6.07) is 11.9. The minimum absolute atomic E-state index is 0.450. The standard InChI is InChI=1S/C18H28N2/c1-15(2)9-12-20-13-10-18(11-14-20)19-16(3)17-7-5-4-6-8-17/h4-9,16,18-19H,10-14H2,1-3H3/t16-/m0/s1. The van der Waals surface area contributed by atoms with E-state index in [4.69, 9.17) is 0 Å². The summed E-state index contributed by atoms with van der Waals surface area (Å²) < 4.78 is 0. The smallest absolute Gasteiger partial charge is 0.0294 e. The zero-order valence-corrected chi connectivity index (χ0v) is 13.1. The molecule has 2 nitrogen and oxygen atoms in total. The molecule has 1 N–H and O–H groups in total. The van der Waals surface area contributed by atoms with Crippen molar-refractivity contribution < 1.29 is 0 Å². The highest BCUT2D eigenvalue weighted by atomic mass is 15.1. The van der Waals surface area contributed by atoms with E-state index in [9.17, 15) is 0 Å². The van der Waals surface area contributed by atoms with E-state index in [-0.39, 0.29) is 0 Å².